The first-order valence-electron chi connectivity index (χ1n) is 8.46. The fourth-order valence-corrected chi connectivity index (χ4v) is 2.76. The molecule has 1 atom stereocenters. The van der Waals surface area contributed by atoms with Crippen molar-refractivity contribution in [1.82, 2.24) is 9.88 Å². The maximum atomic E-state index is 12.5. The highest BCUT2D eigenvalue weighted by Gasteiger charge is 2.34. The number of carbonyl (C=O) groups excluding carboxylic acids is 1. The summed E-state index contributed by atoms with van der Waals surface area (Å²) in [6, 6.07) is 4.03. The van der Waals surface area contributed by atoms with E-state index in [0.717, 1.165) is 37.3 Å². The zero-order valence-corrected chi connectivity index (χ0v) is 14.9. The van der Waals surface area contributed by atoms with Gasteiger partial charge in [0.05, 0.1) is 6.04 Å². The summed E-state index contributed by atoms with van der Waals surface area (Å²) in [6.45, 7) is 11.6. The molecular weight excluding hydrogens is 290 g/mol. The van der Waals surface area contributed by atoms with Crippen molar-refractivity contribution in [2.24, 2.45) is 5.92 Å². The minimum Gasteiger partial charge on any atom is -0.444 e. The molecule has 128 valence electrons. The number of amides is 1. The number of nitrogens with one attached hydrogen (secondary N) is 1. The van der Waals surface area contributed by atoms with E-state index in [-0.39, 0.29) is 12.1 Å². The average Bonchev–Trinajstić information content (AvgIpc) is 2.93. The van der Waals surface area contributed by atoms with Crippen LogP contribution >= 0.6 is 0 Å². The second kappa shape index (κ2) is 7.20. The summed E-state index contributed by atoms with van der Waals surface area (Å²) in [5.41, 5.74) is 0.606. The summed E-state index contributed by atoms with van der Waals surface area (Å²) in [7, 11) is 0. The van der Waals surface area contributed by atoms with Crippen molar-refractivity contribution >= 4 is 11.9 Å². The number of carbonyl (C=O) groups is 1. The Balaban J connectivity index is 2.18. The predicted octanol–water partition coefficient (Wildman–Crippen LogP) is 4.22. The standard InChI is InChI=1S/C18H29N3O2/c1-13(2)12-20-16-14(8-6-10-19-16)15-9-7-11-21(15)17(22)23-18(3,4)5/h6,8,10,13,15H,7,9,11-12H2,1-5H3,(H,19,20)/t15-/m0/s1. The summed E-state index contributed by atoms with van der Waals surface area (Å²) >= 11 is 0. The fourth-order valence-electron chi connectivity index (χ4n) is 2.76. The molecule has 0 spiro atoms. The second-order valence-corrected chi connectivity index (χ2v) is 7.55. The van der Waals surface area contributed by atoms with Crippen LogP contribution in [0.3, 0.4) is 0 Å². The van der Waals surface area contributed by atoms with Gasteiger partial charge in [-0.2, -0.15) is 0 Å². The molecule has 0 unspecified atom stereocenters. The number of hydrogen-bond donors (Lipinski definition) is 1. The lowest BCUT2D eigenvalue weighted by Gasteiger charge is -2.29. The van der Waals surface area contributed by atoms with E-state index in [9.17, 15) is 4.79 Å². The predicted molar refractivity (Wildman–Crippen MR) is 92.5 cm³/mol. The third-order valence-corrected chi connectivity index (χ3v) is 3.76. The molecule has 2 rings (SSSR count). The molecule has 5 nitrogen and oxygen atoms in total. The van der Waals surface area contributed by atoms with Crippen molar-refractivity contribution in [3.8, 4) is 0 Å². The number of aromatic nitrogens is 1. The molecule has 1 amide bonds. The molecule has 1 fully saturated rings. The van der Waals surface area contributed by atoms with E-state index in [2.05, 4.69) is 30.2 Å². The Morgan fingerprint density at radius 1 is 1.48 bits per heavy atom. The normalized spacial score (nSPS) is 18.3. The van der Waals surface area contributed by atoms with Gasteiger partial charge in [-0.1, -0.05) is 19.9 Å². The molecule has 1 N–H and O–H groups in total. The van der Waals surface area contributed by atoms with Gasteiger partial charge in [-0.05, 0) is 45.6 Å². The van der Waals surface area contributed by atoms with Crippen LogP contribution in [0.15, 0.2) is 18.3 Å². The van der Waals surface area contributed by atoms with Gasteiger partial charge in [-0.15, -0.1) is 0 Å². The molecule has 1 aliphatic rings. The Bertz CT molecular complexity index is 537. The van der Waals surface area contributed by atoms with Gasteiger partial charge in [-0.25, -0.2) is 9.78 Å². The van der Waals surface area contributed by atoms with Gasteiger partial charge >= 0.3 is 6.09 Å². The Labute approximate surface area is 139 Å². The highest BCUT2D eigenvalue weighted by molar-refractivity contribution is 5.70. The summed E-state index contributed by atoms with van der Waals surface area (Å²) in [5, 5.41) is 3.41. The van der Waals surface area contributed by atoms with E-state index < -0.39 is 5.60 Å². The van der Waals surface area contributed by atoms with Crippen LogP contribution in [0.1, 0.15) is 59.1 Å². The number of nitrogens with zero attached hydrogens (tertiary/aromatic N) is 2. The molecule has 0 radical (unpaired) electrons. The maximum Gasteiger partial charge on any atom is 0.410 e. The number of pyridine rings is 1. The van der Waals surface area contributed by atoms with Crippen LogP contribution in [-0.2, 0) is 4.74 Å². The van der Waals surface area contributed by atoms with Crippen molar-refractivity contribution in [3.63, 3.8) is 0 Å². The monoisotopic (exact) mass is 319 g/mol. The molecule has 1 saturated heterocycles. The smallest absolute Gasteiger partial charge is 0.410 e. The highest BCUT2D eigenvalue weighted by atomic mass is 16.6. The van der Waals surface area contributed by atoms with E-state index in [1.165, 1.54) is 0 Å². The highest BCUT2D eigenvalue weighted by Crippen LogP contribution is 2.36. The van der Waals surface area contributed by atoms with Crippen LogP contribution in [0.4, 0.5) is 10.6 Å². The summed E-state index contributed by atoms with van der Waals surface area (Å²) in [4.78, 5) is 18.8. The van der Waals surface area contributed by atoms with E-state index >= 15 is 0 Å². The van der Waals surface area contributed by atoms with Gasteiger partial charge in [-0.3, -0.25) is 0 Å². The Morgan fingerprint density at radius 3 is 2.87 bits per heavy atom. The molecule has 2 heterocycles. The summed E-state index contributed by atoms with van der Waals surface area (Å²) in [5.74, 6) is 1.41. The molecule has 1 aromatic heterocycles. The van der Waals surface area contributed by atoms with Crippen molar-refractivity contribution < 1.29 is 9.53 Å². The zero-order valence-electron chi connectivity index (χ0n) is 14.9. The van der Waals surface area contributed by atoms with Gasteiger partial charge in [0, 0.05) is 24.8 Å². The van der Waals surface area contributed by atoms with Crippen LogP contribution < -0.4 is 5.32 Å². The summed E-state index contributed by atoms with van der Waals surface area (Å²) < 4.78 is 5.56. The number of rotatable bonds is 4. The molecule has 23 heavy (non-hydrogen) atoms. The molecule has 0 aliphatic carbocycles. The lowest BCUT2D eigenvalue weighted by atomic mass is 10.1. The zero-order chi connectivity index (χ0) is 17.0. The largest absolute Gasteiger partial charge is 0.444 e. The van der Waals surface area contributed by atoms with Gasteiger partial charge in [0.25, 0.3) is 0 Å². The Kier molecular flexibility index (Phi) is 5.50. The summed E-state index contributed by atoms with van der Waals surface area (Å²) in [6.07, 6.45) is 3.49. The first-order chi connectivity index (χ1) is 10.8. The lowest BCUT2D eigenvalue weighted by molar-refractivity contribution is 0.0225. The second-order valence-electron chi connectivity index (χ2n) is 7.55. The minimum absolute atomic E-state index is 0.0354. The quantitative estimate of drug-likeness (QED) is 0.902. The van der Waals surface area contributed by atoms with Gasteiger partial charge in [0.2, 0.25) is 0 Å². The third kappa shape index (κ3) is 4.85. The number of anilines is 1. The molecule has 0 saturated carbocycles. The maximum absolute atomic E-state index is 12.5. The van der Waals surface area contributed by atoms with Crippen molar-refractivity contribution in [1.29, 1.82) is 0 Å². The van der Waals surface area contributed by atoms with Gasteiger partial charge in [0.1, 0.15) is 11.4 Å². The van der Waals surface area contributed by atoms with Gasteiger partial charge < -0.3 is 15.0 Å². The van der Waals surface area contributed by atoms with Crippen LogP contribution in [0.2, 0.25) is 0 Å². The van der Waals surface area contributed by atoms with E-state index in [1.807, 2.05) is 31.7 Å². The van der Waals surface area contributed by atoms with Crippen molar-refractivity contribution in [2.75, 3.05) is 18.4 Å². The van der Waals surface area contributed by atoms with Crippen molar-refractivity contribution in [2.45, 2.75) is 59.1 Å². The molecule has 1 aromatic rings. The van der Waals surface area contributed by atoms with E-state index in [1.54, 1.807) is 6.20 Å². The molecular formula is C18H29N3O2. The molecule has 1 aliphatic heterocycles. The van der Waals surface area contributed by atoms with E-state index in [0.29, 0.717) is 5.92 Å². The van der Waals surface area contributed by atoms with Crippen LogP contribution in [0.5, 0.6) is 0 Å². The number of hydrogen-bond acceptors (Lipinski definition) is 4. The van der Waals surface area contributed by atoms with Gasteiger partial charge in [0.15, 0.2) is 0 Å². The topological polar surface area (TPSA) is 54.5 Å². The number of ether oxygens (including phenoxy) is 1. The average molecular weight is 319 g/mol. The first-order valence-corrected chi connectivity index (χ1v) is 8.46. The van der Waals surface area contributed by atoms with E-state index in [4.69, 9.17) is 4.74 Å². The Hall–Kier alpha value is -1.78. The Morgan fingerprint density at radius 2 is 2.22 bits per heavy atom. The minimum atomic E-state index is -0.474. The lowest BCUT2D eigenvalue weighted by Crippen LogP contribution is -2.36. The number of likely N-dealkylation sites (tertiary alicyclic amines) is 1. The molecule has 0 aromatic carbocycles. The molecule has 0 bridgehead atoms. The van der Waals surface area contributed by atoms with Crippen LogP contribution in [-0.4, -0.2) is 34.7 Å². The van der Waals surface area contributed by atoms with Crippen LogP contribution in [0.25, 0.3) is 0 Å². The third-order valence-electron chi connectivity index (χ3n) is 3.76. The van der Waals surface area contributed by atoms with Crippen molar-refractivity contribution in [3.05, 3.63) is 23.9 Å². The fraction of sp³-hybridized carbons (Fsp3) is 0.667. The molecule has 5 heteroatoms. The SMILES string of the molecule is CC(C)CNc1ncccc1[C@@H]1CCCN1C(=O)OC(C)(C)C. The van der Waals surface area contributed by atoms with Crippen LogP contribution in [0, 0.1) is 5.92 Å². The first kappa shape index (κ1) is 17.6.